The third-order valence-electron chi connectivity index (χ3n) is 1.88. The molecule has 0 amide bonds. The molecule has 0 bridgehead atoms. The molecule has 1 aromatic heterocycles. The van der Waals surface area contributed by atoms with E-state index in [1.54, 1.807) is 18.5 Å². The topological polar surface area (TPSA) is 58.0 Å². The van der Waals surface area contributed by atoms with E-state index in [-0.39, 0.29) is 12.6 Å². The lowest BCUT2D eigenvalue weighted by atomic mass is 10.2. The Morgan fingerprint density at radius 1 is 1.46 bits per heavy atom. The third-order valence-corrected chi connectivity index (χ3v) is 1.88. The zero-order chi connectivity index (χ0) is 9.52. The average Bonchev–Trinajstić information content (AvgIpc) is 2.21. The lowest BCUT2D eigenvalue weighted by Gasteiger charge is -2.12. The number of aliphatic hydroxyl groups is 1. The Balaban J connectivity index is 2.34. The van der Waals surface area contributed by atoms with Crippen LogP contribution in [-0.4, -0.2) is 27.7 Å². The molecule has 1 heterocycles. The van der Waals surface area contributed by atoms with Gasteiger partial charge in [0.25, 0.3) is 0 Å². The van der Waals surface area contributed by atoms with Crippen LogP contribution in [0.3, 0.4) is 0 Å². The Bertz CT molecular complexity index is 224. The molecule has 1 aromatic rings. The van der Waals surface area contributed by atoms with E-state index in [0.29, 0.717) is 6.54 Å². The van der Waals surface area contributed by atoms with Crippen LogP contribution in [0.1, 0.15) is 19.2 Å². The van der Waals surface area contributed by atoms with Gasteiger partial charge < -0.3 is 10.4 Å². The van der Waals surface area contributed by atoms with Crippen LogP contribution < -0.4 is 5.32 Å². The van der Waals surface area contributed by atoms with E-state index in [1.807, 2.05) is 6.92 Å². The van der Waals surface area contributed by atoms with E-state index in [2.05, 4.69) is 15.3 Å². The summed E-state index contributed by atoms with van der Waals surface area (Å²) in [5.41, 5.74) is 0. The van der Waals surface area contributed by atoms with Crippen molar-refractivity contribution in [3.63, 3.8) is 0 Å². The molecule has 1 atom stereocenters. The van der Waals surface area contributed by atoms with Gasteiger partial charge in [0.2, 0.25) is 0 Å². The van der Waals surface area contributed by atoms with Crippen molar-refractivity contribution in [2.24, 2.45) is 0 Å². The van der Waals surface area contributed by atoms with Crippen LogP contribution in [-0.2, 0) is 6.54 Å². The summed E-state index contributed by atoms with van der Waals surface area (Å²) < 4.78 is 0. The largest absolute Gasteiger partial charge is 0.395 e. The van der Waals surface area contributed by atoms with Crippen molar-refractivity contribution in [3.05, 3.63) is 24.3 Å². The van der Waals surface area contributed by atoms with Gasteiger partial charge in [-0.15, -0.1) is 0 Å². The Kier molecular flexibility index (Phi) is 4.35. The quantitative estimate of drug-likeness (QED) is 0.687. The molecule has 0 aliphatic heterocycles. The molecular weight excluding hydrogens is 166 g/mol. The summed E-state index contributed by atoms with van der Waals surface area (Å²) >= 11 is 0. The highest BCUT2D eigenvalue weighted by atomic mass is 16.3. The molecule has 0 fully saturated rings. The minimum atomic E-state index is 0.142. The van der Waals surface area contributed by atoms with Crippen molar-refractivity contribution in [2.75, 3.05) is 6.61 Å². The standard InChI is InChI=1S/C9H15N3O/c1-2-8(7-13)12-6-9-10-4-3-5-11-9/h3-5,8,12-13H,2,6-7H2,1H3. The first kappa shape index (κ1) is 10.1. The monoisotopic (exact) mass is 181 g/mol. The fourth-order valence-corrected chi connectivity index (χ4v) is 0.995. The highest BCUT2D eigenvalue weighted by Gasteiger charge is 2.03. The van der Waals surface area contributed by atoms with Crippen LogP contribution in [0.15, 0.2) is 18.5 Å². The van der Waals surface area contributed by atoms with Crippen LogP contribution in [0.2, 0.25) is 0 Å². The first-order valence-corrected chi connectivity index (χ1v) is 4.47. The van der Waals surface area contributed by atoms with E-state index in [1.165, 1.54) is 0 Å². The van der Waals surface area contributed by atoms with Gasteiger partial charge in [0.1, 0.15) is 5.82 Å². The highest BCUT2D eigenvalue weighted by molar-refractivity contribution is 4.88. The fraction of sp³-hybridized carbons (Fsp3) is 0.556. The highest BCUT2D eigenvalue weighted by Crippen LogP contribution is 1.92. The zero-order valence-corrected chi connectivity index (χ0v) is 7.77. The Hall–Kier alpha value is -1.00. The number of aromatic nitrogens is 2. The van der Waals surface area contributed by atoms with Crippen molar-refractivity contribution in [2.45, 2.75) is 25.9 Å². The number of hydrogen-bond donors (Lipinski definition) is 2. The lowest BCUT2D eigenvalue weighted by Crippen LogP contribution is -2.31. The minimum Gasteiger partial charge on any atom is -0.395 e. The zero-order valence-electron chi connectivity index (χ0n) is 7.77. The maximum absolute atomic E-state index is 8.90. The van der Waals surface area contributed by atoms with Gasteiger partial charge in [0, 0.05) is 18.4 Å². The van der Waals surface area contributed by atoms with Gasteiger partial charge in [0.05, 0.1) is 13.2 Å². The molecule has 13 heavy (non-hydrogen) atoms. The summed E-state index contributed by atoms with van der Waals surface area (Å²) in [5.74, 6) is 0.759. The first-order chi connectivity index (χ1) is 6.36. The molecule has 0 aliphatic carbocycles. The molecule has 0 saturated heterocycles. The Morgan fingerprint density at radius 3 is 2.69 bits per heavy atom. The molecule has 1 unspecified atom stereocenters. The van der Waals surface area contributed by atoms with Gasteiger partial charge in [0.15, 0.2) is 0 Å². The summed E-state index contributed by atoms with van der Waals surface area (Å²) in [7, 11) is 0. The average molecular weight is 181 g/mol. The van der Waals surface area contributed by atoms with Crippen LogP contribution in [0.4, 0.5) is 0 Å². The maximum Gasteiger partial charge on any atom is 0.141 e. The van der Waals surface area contributed by atoms with E-state index >= 15 is 0 Å². The van der Waals surface area contributed by atoms with Crippen LogP contribution >= 0.6 is 0 Å². The first-order valence-electron chi connectivity index (χ1n) is 4.47. The molecule has 4 nitrogen and oxygen atoms in total. The molecule has 1 rings (SSSR count). The molecule has 72 valence electrons. The van der Waals surface area contributed by atoms with Gasteiger partial charge >= 0.3 is 0 Å². The number of nitrogens with one attached hydrogen (secondary N) is 1. The van der Waals surface area contributed by atoms with Gasteiger partial charge in [-0.05, 0) is 12.5 Å². The van der Waals surface area contributed by atoms with Crippen molar-refractivity contribution in [3.8, 4) is 0 Å². The Labute approximate surface area is 78.0 Å². The van der Waals surface area contributed by atoms with Crippen molar-refractivity contribution in [1.29, 1.82) is 0 Å². The second-order valence-electron chi connectivity index (χ2n) is 2.83. The van der Waals surface area contributed by atoms with Crippen LogP contribution in [0, 0.1) is 0 Å². The van der Waals surface area contributed by atoms with E-state index in [9.17, 15) is 0 Å². The summed E-state index contributed by atoms with van der Waals surface area (Å²) in [5, 5.41) is 12.1. The minimum absolute atomic E-state index is 0.142. The number of nitrogens with zero attached hydrogens (tertiary/aromatic N) is 2. The van der Waals surface area contributed by atoms with E-state index in [4.69, 9.17) is 5.11 Å². The fourth-order valence-electron chi connectivity index (χ4n) is 0.995. The molecule has 0 aliphatic rings. The molecular formula is C9H15N3O. The van der Waals surface area contributed by atoms with Crippen LogP contribution in [0.25, 0.3) is 0 Å². The van der Waals surface area contributed by atoms with E-state index in [0.717, 1.165) is 12.2 Å². The van der Waals surface area contributed by atoms with Crippen molar-refractivity contribution in [1.82, 2.24) is 15.3 Å². The third kappa shape index (κ3) is 3.48. The van der Waals surface area contributed by atoms with Crippen molar-refractivity contribution >= 4 is 0 Å². The smallest absolute Gasteiger partial charge is 0.141 e. The molecule has 0 radical (unpaired) electrons. The summed E-state index contributed by atoms with van der Waals surface area (Å²) in [6.45, 7) is 2.79. The number of rotatable bonds is 5. The molecule has 4 heteroatoms. The summed E-state index contributed by atoms with van der Waals surface area (Å²) in [4.78, 5) is 8.13. The lowest BCUT2D eigenvalue weighted by molar-refractivity contribution is 0.237. The predicted molar refractivity (Wildman–Crippen MR) is 50.0 cm³/mol. The second-order valence-corrected chi connectivity index (χ2v) is 2.83. The van der Waals surface area contributed by atoms with E-state index < -0.39 is 0 Å². The molecule has 2 N–H and O–H groups in total. The van der Waals surface area contributed by atoms with Crippen LogP contribution in [0.5, 0.6) is 0 Å². The maximum atomic E-state index is 8.90. The summed E-state index contributed by atoms with van der Waals surface area (Å²) in [6, 6.07) is 1.93. The van der Waals surface area contributed by atoms with Crippen molar-refractivity contribution < 1.29 is 5.11 Å². The SMILES string of the molecule is CCC(CO)NCc1ncccn1. The number of aliphatic hydroxyl groups excluding tert-OH is 1. The predicted octanol–water partition coefficient (Wildman–Crippen LogP) is 0.337. The van der Waals surface area contributed by atoms with Gasteiger partial charge in [-0.3, -0.25) is 0 Å². The molecule has 0 spiro atoms. The van der Waals surface area contributed by atoms with Gasteiger partial charge in [-0.2, -0.15) is 0 Å². The Morgan fingerprint density at radius 2 is 2.15 bits per heavy atom. The van der Waals surface area contributed by atoms with Gasteiger partial charge in [-0.1, -0.05) is 6.92 Å². The molecule has 0 saturated carbocycles. The normalized spacial score (nSPS) is 12.8. The number of hydrogen-bond acceptors (Lipinski definition) is 4. The second kappa shape index (κ2) is 5.61. The summed E-state index contributed by atoms with van der Waals surface area (Å²) in [6.07, 6.45) is 4.33. The van der Waals surface area contributed by atoms with Gasteiger partial charge in [-0.25, -0.2) is 9.97 Å². The molecule has 0 aromatic carbocycles.